The lowest BCUT2D eigenvalue weighted by molar-refractivity contribution is -0.116. The van der Waals surface area contributed by atoms with E-state index in [9.17, 15) is 9.59 Å². The molecule has 0 bridgehead atoms. The van der Waals surface area contributed by atoms with Crippen molar-refractivity contribution >= 4 is 23.2 Å². The Labute approximate surface area is 190 Å². The van der Waals surface area contributed by atoms with Crippen LogP contribution >= 0.6 is 11.6 Å². The van der Waals surface area contributed by atoms with Crippen molar-refractivity contribution in [2.24, 2.45) is 0 Å². The van der Waals surface area contributed by atoms with Crippen molar-refractivity contribution in [2.45, 2.75) is 19.4 Å². The van der Waals surface area contributed by atoms with Gasteiger partial charge in [0.15, 0.2) is 11.5 Å². The lowest BCUT2D eigenvalue weighted by Gasteiger charge is -2.11. The highest BCUT2D eigenvalue weighted by Gasteiger charge is 2.11. The molecule has 9 heteroatoms. The maximum atomic E-state index is 12.3. The van der Waals surface area contributed by atoms with Crippen LogP contribution < -0.4 is 25.1 Å². The highest BCUT2D eigenvalue weighted by molar-refractivity contribution is 6.31. The number of amides is 1. The molecule has 0 saturated carbocycles. The van der Waals surface area contributed by atoms with E-state index in [-0.39, 0.29) is 17.9 Å². The molecule has 0 spiro atoms. The summed E-state index contributed by atoms with van der Waals surface area (Å²) in [7, 11) is 4.64. The zero-order chi connectivity index (χ0) is 23.1. The van der Waals surface area contributed by atoms with Crippen LogP contribution in [0.3, 0.4) is 0 Å². The average molecular weight is 458 g/mol. The van der Waals surface area contributed by atoms with Gasteiger partial charge in [-0.2, -0.15) is 5.10 Å². The molecule has 0 aliphatic carbocycles. The fraction of sp³-hybridized carbons (Fsp3) is 0.261. The zero-order valence-corrected chi connectivity index (χ0v) is 18.8. The first-order chi connectivity index (χ1) is 15.4. The lowest BCUT2D eigenvalue weighted by atomic mass is 10.1. The minimum atomic E-state index is -0.244. The normalized spacial score (nSPS) is 10.5. The van der Waals surface area contributed by atoms with Crippen LogP contribution in [0, 0.1) is 0 Å². The highest BCUT2D eigenvalue weighted by Crippen LogP contribution is 2.31. The Morgan fingerprint density at radius 2 is 1.69 bits per heavy atom. The Morgan fingerprint density at radius 1 is 0.969 bits per heavy atom. The van der Waals surface area contributed by atoms with E-state index in [1.165, 1.54) is 17.9 Å². The van der Waals surface area contributed by atoms with Gasteiger partial charge >= 0.3 is 0 Å². The monoisotopic (exact) mass is 457 g/mol. The first kappa shape index (κ1) is 23.1. The SMILES string of the molecule is COc1ccc(Cl)cc1NC(=O)CCCn1nc(-c2ccc(OC)c(OC)c2)ccc1=O. The van der Waals surface area contributed by atoms with Crippen molar-refractivity contribution < 1.29 is 19.0 Å². The molecule has 0 atom stereocenters. The van der Waals surface area contributed by atoms with E-state index in [2.05, 4.69) is 10.4 Å². The number of rotatable bonds is 9. The second-order valence-corrected chi connectivity index (χ2v) is 7.28. The number of aryl methyl sites for hydroxylation is 1. The number of methoxy groups -OCH3 is 3. The summed E-state index contributed by atoms with van der Waals surface area (Å²) < 4.78 is 17.2. The number of benzene rings is 2. The molecule has 1 aromatic heterocycles. The molecule has 0 unspecified atom stereocenters. The van der Waals surface area contributed by atoms with Gasteiger partial charge in [-0.15, -0.1) is 0 Å². The van der Waals surface area contributed by atoms with Gasteiger partial charge in [0, 0.05) is 29.6 Å². The first-order valence-corrected chi connectivity index (χ1v) is 10.3. The maximum Gasteiger partial charge on any atom is 0.266 e. The van der Waals surface area contributed by atoms with Crippen LogP contribution in [-0.2, 0) is 11.3 Å². The lowest BCUT2D eigenvalue weighted by Crippen LogP contribution is -2.23. The molecule has 8 nitrogen and oxygen atoms in total. The van der Waals surface area contributed by atoms with E-state index >= 15 is 0 Å². The summed E-state index contributed by atoms with van der Waals surface area (Å²) in [6.07, 6.45) is 0.626. The molecule has 0 saturated heterocycles. The summed E-state index contributed by atoms with van der Waals surface area (Å²) in [5.74, 6) is 1.47. The maximum absolute atomic E-state index is 12.3. The number of nitrogens with one attached hydrogen (secondary N) is 1. The van der Waals surface area contributed by atoms with E-state index in [4.69, 9.17) is 25.8 Å². The Hall–Kier alpha value is -3.52. The van der Waals surface area contributed by atoms with E-state index < -0.39 is 0 Å². The number of hydrogen-bond acceptors (Lipinski definition) is 6. The van der Waals surface area contributed by atoms with Crippen molar-refractivity contribution in [3.8, 4) is 28.5 Å². The molecular formula is C23H24ClN3O5. The summed E-state index contributed by atoms with van der Waals surface area (Å²) in [4.78, 5) is 24.6. The average Bonchev–Trinajstić information content (AvgIpc) is 2.80. The summed E-state index contributed by atoms with van der Waals surface area (Å²) >= 11 is 5.99. The molecule has 1 heterocycles. The summed E-state index contributed by atoms with van der Waals surface area (Å²) in [6.45, 7) is 0.292. The van der Waals surface area contributed by atoms with E-state index in [1.807, 2.05) is 6.07 Å². The van der Waals surface area contributed by atoms with Crippen molar-refractivity contribution in [3.63, 3.8) is 0 Å². The van der Waals surface area contributed by atoms with Crippen molar-refractivity contribution in [1.82, 2.24) is 9.78 Å². The van der Waals surface area contributed by atoms with Crippen LogP contribution in [0.2, 0.25) is 5.02 Å². The van der Waals surface area contributed by atoms with Gasteiger partial charge < -0.3 is 19.5 Å². The second kappa shape index (κ2) is 10.7. The number of carbonyl (C=O) groups is 1. The number of hydrogen-bond donors (Lipinski definition) is 1. The third-order valence-electron chi connectivity index (χ3n) is 4.76. The largest absolute Gasteiger partial charge is 0.495 e. The van der Waals surface area contributed by atoms with Crippen LogP contribution in [-0.4, -0.2) is 37.0 Å². The van der Waals surface area contributed by atoms with Crippen molar-refractivity contribution in [1.29, 1.82) is 0 Å². The van der Waals surface area contributed by atoms with Crippen molar-refractivity contribution in [3.05, 3.63) is 63.9 Å². The van der Waals surface area contributed by atoms with E-state index in [1.54, 1.807) is 50.6 Å². The molecule has 0 aliphatic heterocycles. The molecule has 3 rings (SSSR count). The standard InChI is InChI=1S/C23H24ClN3O5/c1-30-19-10-7-16(24)14-18(19)25-22(28)5-4-12-27-23(29)11-8-17(26-27)15-6-9-20(31-2)21(13-15)32-3/h6-11,13-14H,4-5,12H2,1-3H3,(H,25,28). The minimum absolute atomic E-state index is 0.199. The molecule has 1 amide bonds. The van der Waals surface area contributed by atoms with Crippen molar-refractivity contribution in [2.75, 3.05) is 26.6 Å². The fourth-order valence-corrected chi connectivity index (χ4v) is 3.31. The van der Waals surface area contributed by atoms with Crippen LogP contribution in [0.15, 0.2) is 53.3 Å². The molecule has 1 N–H and O–H groups in total. The molecule has 0 aliphatic rings. The van der Waals surface area contributed by atoms with Gasteiger partial charge in [0.05, 0.1) is 32.7 Å². The predicted octanol–water partition coefficient (Wildman–Crippen LogP) is 4.01. The Morgan fingerprint density at radius 3 is 2.41 bits per heavy atom. The van der Waals surface area contributed by atoms with E-state index in [0.29, 0.717) is 46.6 Å². The second-order valence-electron chi connectivity index (χ2n) is 6.85. The van der Waals surface area contributed by atoms with Gasteiger partial charge in [-0.3, -0.25) is 9.59 Å². The minimum Gasteiger partial charge on any atom is -0.495 e. The predicted molar refractivity (Wildman–Crippen MR) is 123 cm³/mol. The third kappa shape index (κ3) is 5.59. The quantitative estimate of drug-likeness (QED) is 0.522. The topological polar surface area (TPSA) is 91.7 Å². The van der Waals surface area contributed by atoms with E-state index in [0.717, 1.165) is 5.56 Å². The molecule has 32 heavy (non-hydrogen) atoms. The van der Waals surface area contributed by atoms with Crippen LogP contribution in [0.5, 0.6) is 17.2 Å². The number of anilines is 1. The van der Waals surface area contributed by atoms with Gasteiger partial charge in [0.1, 0.15) is 5.75 Å². The molecular weight excluding hydrogens is 434 g/mol. The van der Waals surface area contributed by atoms with Crippen LogP contribution in [0.1, 0.15) is 12.8 Å². The highest BCUT2D eigenvalue weighted by atomic mass is 35.5. The summed E-state index contributed by atoms with van der Waals surface area (Å²) in [5.41, 5.74) is 1.64. The third-order valence-corrected chi connectivity index (χ3v) is 4.99. The summed E-state index contributed by atoms with van der Waals surface area (Å²) in [6, 6.07) is 13.5. The Kier molecular flexibility index (Phi) is 7.72. The molecule has 0 fully saturated rings. The number of nitrogens with zero attached hydrogens (tertiary/aromatic N) is 2. The first-order valence-electron chi connectivity index (χ1n) is 9.89. The number of halogens is 1. The van der Waals surface area contributed by atoms with Gasteiger partial charge in [-0.1, -0.05) is 11.6 Å². The molecule has 3 aromatic rings. The van der Waals surface area contributed by atoms with Gasteiger partial charge in [0.25, 0.3) is 5.56 Å². The summed E-state index contributed by atoms with van der Waals surface area (Å²) in [5, 5.41) is 7.70. The number of carbonyl (C=O) groups excluding carboxylic acids is 1. The number of ether oxygens (including phenoxy) is 3. The molecule has 168 valence electrons. The fourth-order valence-electron chi connectivity index (χ4n) is 3.14. The van der Waals surface area contributed by atoms with Crippen LogP contribution in [0.4, 0.5) is 5.69 Å². The smallest absolute Gasteiger partial charge is 0.266 e. The van der Waals surface area contributed by atoms with Gasteiger partial charge in [-0.05, 0) is 48.9 Å². The zero-order valence-electron chi connectivity index (χ0n) is 18.1. The van der Waals surface area contributed by atoms with Gasteiger partial charge in [0.2, 0.25) is 5.91 Å². The Bertz CT molecular complexity index is 1160. The van der Waals surface area contributed by atoms with Gasteiger partial charge in [-0.25, -0.2) is 4.68 Å². The number of aromatic nitrogens is 2. The molecule has 2 aromatic carbocycles. The Balaban J connectivity index is 1.67. The molecule has 0 radical (unpaired) electrons. The van der Waals surface area contributed by atoms with Crippen LogP contribution in [0.25, 0.3) is 11.3 Å².